The number of anilines is 1. The number of hydrogen-bond donors (Lipinski definition) is 1. The highest BCUT2D eigenvalue weighted by Crippen LogP contribution is 2.38. The minimum Gasteiger partial charge on any atom is -0.383 e. The van der Waals surface area contributed by atoms with Crippen molar-refractivity contribution >= 4 is 5.82 Å². The summed E-state index contributed by atoms with van der Waals surface area (Å²) in [5.74, 6) is 0.282. The van der Waals surface area contributed by atoms with Crippen LogP contribution in [0, 0.1) is 18.3 Å². The van der Waals surface area contributed by atoms with Gasteiger partial charge in [0.05, 0.1) is 0 Å². The molecule has 3 heteroatoms. The van der Waals surface area contributed by atoms with E-state index in [-0.39, 0.29) is 5.82 Å². The van der Waals surface area contributed by atoms with Crippen LogP contribution in [0.25, 0.3) is 22.3 Å². The summed E-state index contributed by atoms with van der Waals surface area (Å²) in [6, 6.07) is 20.6. The van der Waals surface area contributed by atoms with E-state index < -0.39 is 0 Å². The van der Waals surface area contributed by atoms with Gasteiger partial charge in [-0.1, -0.05) is 61.5 Å². The van der Waals surface area contributed by atoms with Crippen molar-refractivity contribution in [2.24, 2.45) is 0 Å². The van der Waals surface area contributed by atoms with E-state index in [1.807, 2.05) is 37.3 Å². The van der Waals surface area contributed by atoms with Crippen LogP contribution in [0.15, 0.2) is 54.6 Å². The monoisotopic (exact) mass is 313 g/mol. The van der Waals surface area contributed by atoms with Gasteiger partial charge in [-0.2, -0.15) is 5.26 Å². The smallest absolute Gasteiger partial charge is 0.142 e. The van der Waals surface area contributed by atoms with E-state index in [2.05, 4.69) is 42.2 Å². The minimum absolute atomic E-state index is 0.282. The van der Waals surface area contributed by atoms with Crippen molar-refractivity contribution in [3.63, 3.8) is 0 Å². The molecule has 1 heterocycles. The van der Waals surface area contributed by atoms with E-state index in [1.54, 1.807) is 0 Å². The molecule has 2 N–H and O–H groups in total. The summed E-state index contributed by atoms with van der Waals surface area (Å²) in [4.78, 5) is 4.40. The molecule has 0 amide bonds. The Balaban J connectivity index is 2.35. The second-order valence-electron chi connectivity index (χ2n) is 5.74. The van der Waals surface area contributed by atoms with E-state index in [4.69, 9.17) is 5.73 Å². The number of benzene rings is 2. The fourth-order valence-corrected chi connectivity index (χ4v) is 2.99. The normalized spacial score (nSPS) is 10.4. The average Bonchev–Trinajstić information content (AvgIpc) is 2.62. The Kier molecular flexibility index (Phi) is 4.31. The lowest BCUT2D eigenvalue weighted by atomic mass is 9.90. The van der Waals surface area contributed by atoms with Gasteiger partial charge in [0.2, 0.25) is 0 Å². The molecule has 0 aliphatic carbocycles. The third-order valence-corrected chi connectivity index (χ3v) is 4.23. The van der Waals surface area contributed by atoms with Crippen molar-refractivity contribution in [3.05, 3.63) is 71.4 Å². The van der Waals surface area contributed by atoms with E-state index in [0.29, 0.717) is 5.56 Å². The molecular weight excluding hydrogens is 294 g/mol. The summed E-state index contributed by atoms with van der Waals surface area (Å²) in [6.45, 7) is 4.06. The van der Waals surface area contributed by atoms with Gasteiger partial charge in [-0.15, -0.1) is 0 Å². The number of aryl methyl sites for hydroxylation is 2. The van der Waals surface area contributed by atoms with Crippen LogP contribution in [0.1, 0.15) is 23.7 Å². The Morgan fingerprint density at radius 2 is 1.58 bits per heavy atom. The number of nitrogens with zero attached hydrogens (tertiary/aromatic N) is 2. The highest BCUT2D eigenvalue weighted by atomic mass is 14.8. The van der Waals surface area contributed by atoms with E-state index in [9.17, 15) is 5.26 Å². The maximum absolute atomic E-state index is 9.65. The second-order valence-corrected chi connectivity index (χ2v) is 5.74. The van der Waals surface area contributed by atoms with Gasteiger partial charge in [0.1, 0.15) is 17.5 Å². The third kappa shape index (κ3) is 2.75. The molecule has 0 radical (unpaired) electrons. The van der Waals surface area contributed by atoms with Crippen LogP contribution in [0.5, 0.6) is 0 Å². The van der Waals surface area contributed by atoms with Crippen molar-refractivity contribution in [1.29, 1.82) is 5.26 Å². The summed E-state index contributed by atoms with van der Waals surface area (Å²) in [6.07, 6.45) is 0.981. The van der Waals surface area contributed by atoms with Crippen LogP contribution < -0.4 is 5.73 Å². The van der Waals surface area contributed by atoms with Gasteiger partial charge >= 0.3 is 0 Å². The van der Waals surface area contributed by atoms with Crippen molar-refractivity contribution in [2.75, 3.05) is 5.73 Å². The van der Waals surface area contributed by atoms with Crippen molar-refractivity contribution < 1.29 is 0 Å². The van der Waals surface area contributed by atoms with Crippen LogP contribution in [-0.4, -0.2) is 4.98 Å². The first-order valence-corrected chi connectivity index (χ1v) is 8.00. The lowest BCUT2D eigenvalue weighted by molar-refractivity contribution is 1.14. The fraction of sp³-hybridized carbons (Fsp3) is 0.143. The molecule has 3 rings (SSSR count). The van der Waals surface area contributed by atoms with Gasteiger partial charge in [-0.3, -0.25) is 0 Å². The van der Waals surface area contributed by atoms with Crippen molar-refractivity contribution in [2.45, 2.75) is 20.3 Å². The maximum atomic E-state index is 9.65. The number of nitrogen functional groups attached to an aromatic ring is 1. The molecule has 0 aliphatic rings. The third-order valence-electron chi connectivity index (χ3n) is 4.23. The van der Waals surface area contributed by atoms with Gasteiger partial charge < -0.3 is 5.73 Å². The van der Waals surface area contributed by atoms with Gasteiger partial charge in [-0.25, -0.2) is 4.98 Å². The SMILES string of the molecule is CCc1ccc(-c2c(C#N)c(N)nc(C)c2-c2ccccc2)cc1. The molecule has 2 aromatic carbocycles. The number of hydrogen-bond acceptors (Lipinski definition) is 3. The largest absolute Gasteiger partial charge is 0.383 e. The lowest BCUT2D eigenvalue weighted by Crippen LogP contribution is -2.03. The summed E-state index contributed by atoms with van der Waals surface area (Å²) in [7, 11) is 0. The lowest BCUT2D eigenvalue weighted by Gasteiger charge is -2.16. The Hall–Kier alpha value is -3.12. The van der Waals surface area contributed by atoms with Gasteiger partial charge in [0, 0.05) is 16.8 Å². The van der Waals surface area contributed by atoms with Crippen molar-refractivity contribution in [1.82, 2.24) is 4.98 Å². The van der Waals surface area contributed by atoms with Gasteiger partial charge in [0.15, 0.2) is 0 Å². The Bertz CT molecular complexity index is 905. The highest BCUT2D eigenvalue weighted by molar-refractivity contribution is 5.91. The van der Waals surface area contributed by atoms with Crippen LogP contribution in [0.2, 0.25) is 0 Å². The fourth-order valence-electron chi connectivity index (χ4n) is 2.99. The summed E-state index contributed by atoms with van der Waals surface area (Å²) in [5.41, 5.74) is 12.4. The summed E-state index contributed by atoms with van der Waals surface area (Å²) >= 11 is 0. The van der Waals surface area contributed by atoms with Gasteiger partial charge in [0.25, 0.3) is 0 Å². The van der Waals surface area contributed by atoms with E-state index >= 15 is 0 Å². The molecule has 118 valence electrons. The van der Waals surface area contributed by atoms with Crippen LogP contribution in [0.3, 0.4) is 0 Å². The summed E-state index contributed by atoms with van der Waals surface area (Å²) < 4.78 is 0. The molecule has 0 atom stereocenters. The molecule has 3 aromatic rings. The van der Waals surface area contributed by atoms with Crippen LogP contribution >= 0.6 is 0 Å². The quantitative estimate of drug-likeness (QED) is 0.759. The predicted octanol–water partition coefficient (Wildman–Crippen LogP) is 4.74. The zero-order valence-electron chi connectivity index (χ0n) is 13.9. The molecule has 0 bridgehead atoms. The average molecular weight is 313 g/mol. The standard InChI is InChI=1S/C21H19N3/c1-3-15-9-11-17(12-10-15)20-18(13-22)21(23)24-14(2)19(20)16-7-5-4-6-8-16/h4-12H,3H2,1-2H3,(H2,23,24). The second kappa shape index (κ2) is 6.55. The Morgan fingerprint density at radius 3 is 2.17 bits per heavy atom. The van der Waals surface area contributed by atoms with Gasteiger partial charge in [-0.05, 0) is 30.0 Å². The highest BCUT2D eigenvalue weighted by Gasteiger charge is 2.19. The number of nitrogens with two attached hydrogens (primary N) is 1. The first kappa shape index (κ1) is 15.8. The molecule has 0 spiro atoms. The van der Waals surface area contributed by atoms with Crippen LogP contribution in [0.4, 0.5) is 5.82 Å². The van der Waals surface area contributed by atoms with Crippen molar-refractivity contribution in [3.8, 4) is 28.3 Å². The molecule has 0 fully saturated rings. The zero-order chi connectivity index (χ0) is 17.1. The number of rotatable bonds is 3. The topological polar surface area (TPSA) is 62.7 Å². The molecular formula is C21H19N3. The van der Waals surface area contributed by atoms with E-state index in [1.165, 1.54) is 5.56 Å². The molecule has 0 unspecified atom stereocenters. The molecule has 24 heavy (non-hydrogen) atoms. The molecule has 0 saturated heterocycles. The summed E-state index contributed by atoms with van der Waals surface area (Å²) in [5, 5.41) is 9.65. The maximum Gasteiger partial charge on any atom is 0.142 e. The number of aromatic nitrogens is 1. The van der Waals surface area contributed by atoms with E-state index in [0.717, 1.165) is 34.4 Å². The molecule has 0 aliphatic heterocycles. The predicted molar refractivity (Wildman–Crippen MR) is 98.4 cm³/mol. The number of pyridine rings is 1. The molecule has 1 aromatic heterocycles. The first-order valence-electron chi connectivity index (χ1n) is 8.00. The first-order chi connectivity index (χ1) is 11.7. The molecule has 0 saturated carbocycles. The Labute approximate surface area is 142 Å². The molecule has 3 nitrogen and oxygen atoms in total. The van der Waals surface area contributed by atoms with Crippen LogP contribution in [-0.2, 0) is 6.42 Å². The Morgan fingerprint density at radius 1 is 0.958 bits per heavy atom. The zero-order valence-corrected chi connectivity index (χ0v) is 13.9. The number of nitriles is 1. The minimum atomic E-state index is 0.282.